The number of carbonyl (C=O) groups excluding carboxylic acids is 1. The van der Waals surface area contributed by atoms with E-state index < -0.39 is 0 Å². The summed E-state index contributed by atoms with van der Waals surface area (Å²) in [5.74, 6) is -0.222. The molecule has 1 aromatic carbocycles. The summed E-state index contributed by atoms with van der Waals surface area (Å²) in [7, 11) is 2.03. The smallest absolute Gasteiger partial charge is 0.176 e. The summed E-state index contributed by atoms with van der Waals surface area (Å²) in [5, 5.41) is 0. The number of benzene rings is 1. The van der Waals surface area contributed by atoms with Gasteiger partial charge in [0.2, 0.25) is 0 Å². The number of hydrogen-bond acceptors (Lipinski definition) is 2. The van der Waals surface area contributed by atoms with Crippen LogP contribution in [0.1, 0.15) is 48.9 Å². The molecule has 3 heteroatoms. The van der Waals surface area contributed by atoms with Gasteiger partial charge in [0.05, 0.1) is 6.54 Å². The van der Waals surface area contributed by atoms with Crippen molar-refractivity contribution in [1.82, 2.24) is 4.90 Å². The first-order chi connectivity index (χ1) is 9.16. The lowest BCUT2D eigenvalue weighted by molar-refractivity contribution is 0.0912. The molecular weight excluding hydrogens is 241 g/mol. The first-order valence-electron chi connectivity index (χ1n) is 7.16. The topological polar surface area (TPSA) is 20.3 Å². The standard InChI is InChI=1S/C16H22FNO/c1-18(15-6-4-2-3-5-7-15)12-16(19)13-8-10-14(17)11-9-13/h8-11,15H,2-7,12H2,1H3. The molecule has 1 aliphatic carbocycles. The highest BCUT2D eigenvalue weighted by atomic mass is 19.1. The zero-order valence-corrected chi connectivity index (χ0v) is 11.6. The zero-order valence-electron chi connectivity index (χ0n) is 11.6. The molecule has 2 nitrogen and oxygen atoms in total. The Kier molecular flexibility index (Phi) is 5.08. The number of hydrogen-bond donors (Lipinski definition) is 0. The number of nitrogens with zero attached hydrogens (tertiary/aromatic N) is 1. The largest absolute Gasteiger partial charge is 0.296 e. The summed E-state index contributed by atoms with van der Waals surface area (Å²) in [6.45, 7) is 0.427. The van der Waals surface area contributed by atoms with Crippen molar-refractivity contribution in [3.63, 3.8) is 0 Å². The molecule has 1 saturated carbocycles. The van der Waals surface area contributed by atoms with E-state index in [2.05, 4.69) is 4.90 Å². The van der Waals surface area contributed by atoms with Crippen molar-refractivity contribution in [2.45, 2.75) is 44.6 Å². The third-order valence-electron chi connectivity index (χ3n) is 4.01. The molecule has 1 fully saturated rings. The zero-order chi connectivity index (χ0) is 13.7. The maximum atomic E-state index is 12.8. The molecule has 0 saturated heterocycles. The van der Waals surface area contributed by atoms with Gasteiger partial charge < -0.3 is 0 Å². The lowest BCUT2D eigenvalue weighted by atomic mass is 10.1. The summed E-state index contributed by atoms with van der Waals surface area (Å²) in [6.07, 6.45) is 7.53. The molecule has 0 heterocycles. The summed E-state index contributed by atoms with van der Waals surface area (Å²) in [4.78, 5) is 14.3. The summed E-state index contributed by atoms with van der Waals surface area (Å²) >= 11 is 0. The average Bonchev–Trinajstić information content (AvgIpc) is 2.68. The fraction of sp³-hybridized carbons (Fsp3) is 0.562. The lowest BCUT2D eigenvalue weighted by Crippen LogP contribution is -2.35. The molecule has 1 aliphatic rings. The van der Waals surface area contributed by atoms with E-state index in [1.807, 2.05) is 7.05 Å². The molecule has 19 heavy (non-hydrogen) atoms. The van der Waals surface area contributed by atoms with Gasteiger partial charge in [-0.05, 0) is 44.2 Å². The summed E-state index contributed by atoms with van der Waals surface area (Å²) in [5.41, 5.74) is 0.599. The molecule has 0 aromatic heterocycles. The van der Waals surface area contributed by atoms with Crippen LogP contribution in [0.15, 0.2) is 24.3 Å². The molecule has 0 atom stereocenters. The molecule has 0 radical (unpaired) electrons. The minimum absolute atomic E-state index is 0.0757. The number of rotatable bonds is 4. The van der Waals surface area contributed by atoms with Crippen LogP contribution in [0.25, 0.3) is 0 Å². The maximum Gasteiger partial charge on any atom is 0.176 e. The van der Waals surface area contributed by atoms with Gasteiger partial charge in [0, 0.05) is 11.6 Å². The molecule has 0 bridgehead atoms. The Morgan fingerprint density at radius 2 is 1.74 bits per heavy atom. The Hall–Kier alpha value is -1.22. The SMILES string of the molecule is CN(CC(=O)c1ccc(F)cc1)C1CCCCCC1. The van der Waals surface area contributed by atoms with E-state index >= 15 is 0 Å². The summed E-state index contributed by atoms with van der Waals surface area (Å²) < 4.78 is 12.8. The minimum Gasteiger partial charge on any atom is -0.296 e. The number of ketones is 1. The van der Waals surface area contributed by atoms with E-state index in [1.165, 1.54) is 50.7 Å². The number of carbonyl (C=O) groups is 1. The van der Waals surface area contributed by atoms with Gasteiger partial charge in [-0.3, -0.25) is 9.69 Å². The maximum absolute atomic E-state index is 12.8. The first-order valence-corrected chi connectivity index (χ1v) is 7.16. The van der Waals surface area contributed by atoms with Crippen molar-refractivity contribution in [3.8, 4) is 0 Å². The summed E-state index contributed by atoms with van der Waals surface area (Å²) in [6, 6.07) is 6.35. The van der Waals surface area contributed by atoms with E-state index in [9.17, 15) is 9.18 Å². The van der Waals surface area contributed by atoms with Gasteiger partial charge in [0.1, 0.15) is 5.82 Å². The minimum atomic E-state index is -0.298. The van der Waals surface area contributed by atoms with Gasteiger partial charge in [-0.15, -0.1) is 0 Å². The second-order valence-electron chi connectivity index (χ2n) is 5.49. The van der Waals surface area contributed by atoms with E-state index in [4.69, 9.17) is 0 Å². The Balaban J connectivity index is 1.92. The van der Waals surface area contributed by atoms with Crippen molar-refractivity contribution >= 4 is 5.78 Å². The Bertz CT molecular complexity index is 407. The van der Waals surface area contributed by atoms with Gasteiger partial charge >= 0.3 is 0 Å². The number of likely N-dealkylation sites (N-methyl/N-ethyl adjacent to an activating group) is 1. The van der Waals surface area contributed by atoms with E-state index in [1.54, 1.807) is 12.1 Å². The number of Topliss-reactive ketones (excluding diaryl/α,β-unsaturated/α-hetero) is 1. The van der Waals surface area contributed by atoms with E-state index in [0.29, 0.717) is 18.2 Å². The van der Waals surface area contributed by atoms with Gasteiger partial charge in [-0.2, -0.15) is 0 Å². The molecule has 0 unspecified atom stereocenters. The predicted octanol–water partition coefficient (Wildman–Crippen LogP) is 3.66. The third kappa shape index (κ3) is 4.13. The number of halogens is 1. The van der Waals surface area contributed by atoms with Crippen LogP contribution in [0.2, 0.25) is 0 Å². The molecule has 0 N–H and O–H groups in total. The van der Waals surface area contributed by atoms with E-state index in [-0.39, 0.29) is 11.6 Å². The molecule has 0 spiro atoms. The molecule has 0 aliphatic heterocycles. The van der Waals surface area contributed by atoms with Crippen LogP contribution in [-0.4, -0.2) is 30.3 Å². The van der Waals surface area contributed by atoms with Crippen LogP contribution in [0.3, 0.4) is 0 Å². The van der Waals surface area contributed by atoms with Crippen molar-refractivity contribution in [3.05, 3.63) is 35.6 Å². The first kappa shape index (κ1) is 14.2. The van der Waals surface area contributed by atoms with Gasteiger partial charge in [0.15, 0.2) is 5.78 Å². The van der Waals surface area contributed by atoms with Crippen LogP contribution in [0.4, 0.5) is 4.39 Å². The monoisotopic (exact) mass is 263 g/mol. The fourth-order valence-corrected chi connectivity index (χ4v) is 2.78. The van der Waals surface area contributed by atoms with Crippen LogP contribution in [-0.2, 0) is 0 Å². The second kappa shape index (κ2) is 6.80. The predicted molar refractivity (Wildman–Crippen MR) is 74.9 cm³/mol. The second-order valence-corrected chi connectivity index (χ2v) is 5.49. The highest BCUT2D eigenvalue weighted by Crippen LogP contribution is 2.21. The Morgan fingerprint density at radius 1 is 1.16 bits per heavy atom. The molecular formula is C16H22FNO. The van der Waals surface area contributed by atoms with E-state index in [0.717, 1.165) is 0 Å². The third-order valence-corrected chi connectivity index (χ3v) is 4.01. The van der Waals surface area contributed by atoms with Crippen molar-refractivity contribution in [2.75, 3.05) is 13.6 Å². The van der Waals surface area contributed by atoms with Gasteiger partial charge in [0.25, 0.3) is 0 Å². The molecule has 1 aromatic rings. The van der Waals surface area contributed by atoms with Crippen molar-refractivity contribution < 1.29 is 9.18 Å². The Morgan fingerprint density at radius 3 is 2.32 bits per heavy atom. The molecule has 104 valence electrons. The van der Waals surface area contributed by atoms with Crippen molar-refractivity contribution in [1.29, 1.82) is 0 Å². The Labute approximate surface area is 114 Å². The van der Waals surface area contributed by atoms with Gasteiger partial charge in [-0.1, -0.05) is 25.7 Å². The van der Waals surface area contributed by atoms with Crippen LogP contribution >= 0.6 is 0 Å². The van der Waals surface area contributed by atoms with Crippen molar-refractivity contribution in [2.24, 2.45) is 0 Å². The fourth-order valence-electron chi connectivity index (χ4n) is 2.78. The average molecular weight is 263 g/mol. The normalized spacial score (nSPS) is 17.4. The molecule has 0 amide bonds. The van der Waals surface area contributed by atoms with Crippen LogP contribution in [0.5, 0.6) is 0 Å². The van der Waals surface area contributed by atoms with Crippen LogP contribution < -0.4 is 0 Å². The quantitative estimate of drug-likeness (QED) is 0.610. The highest BCUT2D eigenvalue weighted by molar-refractivity contribution is 5.97. The lowest BCUT2D eigenvalue weighted by Gasteiger charge is -2.26. The van der Waals surface area contributed by atoms with Gasteiger partial charge in [-0.25, -0.2) is 4.39 Å². The highest BCUT2D eigenvalue weighted by Gasteiger charge is 2.19. The van der Waals surface area contributed by atoms with Crippen LogP contribution in [0, 0.1) is 5.82 Å². The molecule has 2 rings (SSSR count).